The number of hydrogen-bond acceptors (Lipinski definition) is 6. The first-order valence-corrected chi connectivity index (χ1v) is 9.76. The van der Waals surface area contributed by atoms with Crippen molar-refractivity contribution in [3.63, 3.8) is 0 Å². The van der Waals surface area contributed by atoms with Gasteiger partial charge in [0.2, 0.25) is 10.0 Å². The zero-order valence-corrected chi connectivity index (χ0v) is 14.7. The summed E-state index contributed by atoms with van der Waals surface area (Å²) >= 11 is 2.95. The minimum Gasteiger partial charge on any atom is -0.310 e. The van der Waals surface area contributed by atoms with E-state index in [0.29, 0.717) is 17.5 Å². The molecule has 0 bridgehead atoms. The molecule has 0 aliphatic heterocycles. The summed E-state index contributed by atoms with van der Waals surface area (Å²) < 4.78 is 27.1. The Balaban J connectivity index is 1.99. The third-order valence-corrected chi connectivity index (χ3v) is 6.11. The maximum Gasteiger partial charge on any atom is 0.241 e. The van der Waals surface area contributed by atoms with E-state index < -0.39 is 10.0 Å². The van der Waals surface area contributed by atoms with Crippen LogP contribution in [0.15, 0.2) is 22.5 Å². The van der Waals surface area contributed by atoms with E-state index in [2.05, 4.69) is 28.9 Å². The average Bonchev–Trinajstić information content (AvgIpc) is 3.03. The summed E-state index contributed by atoms with van der Waals surface area (Å²) in [6.45, 7) is 6.98. The van der Waals surface area contributed by atoms with Crippen LogP contribution in [0, 0.1) is 6.92 Å². The van der Waals surface area contributed by atoms with Gasteiger partial charge in [-0.15, -0.1) is 22.7 Å². The fourth-order valence-corrected chi connectivity index (χ4v) is 4.69. The van der Waals surface area contributed by atoms with Gasteiger partial charge in [-0.1, -0.05) is 13.8 Å². The van der Waals surface area contributed by atoms with E-state index in [9.17, 15) is 8.42 Å². The second-order valence-corrected chi connectivity index (χ2v) is 9.04. The van der Waals surface area contributed by atoms with Gasteiger partial charge in [0.1, 0.15) is 0 Å². The van der Waals surface area contributed by atoms with E-state index in [1.165, 1.54) is 22.7 Å². The van der Waals surface area contributed by atoms with Crippen molar-refractivity contribution in [2.24, 2.45) is 0 Å². The highest BCUT2D eigenvalue weighted by atomic mass is 32.2. The molecule has 0 aliphatic carbocycles. The highest BCUT2D eigenvalue weighted by molar-refractivity contribution is 7.89. The van der Waals surface area contributed by atoms with Gasteiger partial charge in [-0.3, -0.25) is 0 Å². The Morgan fingerprint density at radius 3 is 2.67 bits per heavy atom. The predicted octanol–water partition coefficient (Wildman–Crippen LogP) is 2.49. The highest BCUT2D eigenvalue weighted by Crippen LogP contribution is 2.20. The van der Waals surface area contributed by atoms with Crippen molar-refractivity contribution in [1.82, 2.24) is 15.0 Å². The summed E-state index contributed by atoms with van der Waals surface area (Å²) in [7, 11) is -3.46. The van der Waals surface area contributed by atoms with Crippen LogP contribution in [0.25, 0.3) is 0 Å². The van der Waals surface area contributed by atoms with Crippen LogP contribution < -0.4 is 10.0 Å². The standard InChI is InChI=1S/C13H19N3O2S3/c1-9(2)14-5-11-4-13(8-19-11)21(17,18)16-7-12-6-15-10(3)20-12/h4,6,8-9,14,16H,5,7H2,1-3H3. The van der Waals surface area contributed by atoms with E-state index in [0.717, 1.165) is 14.8 Å². The normalized spacial score (nSPS) is 12.2. The smallest absolute Gasteiger partial charge is 0.241 e. The average molecular weight is 346 g/mol. The third kappa shape index (κ3) is 4.86. The van der Waals surface area contributed by atoms with Crippen LogP contribution in [0.5, 0.6) is 0 Å². The molecule has 2 heterocycles. The Morgan fingerprint density at radius 1 is 1.29 bits per heavy atom. The zero-order valence-electron chi connectivity index (χ0n) is 12.2. The van der Waals surface area contributed by atoms with E-state index >= 15 is 0 Å². The van der Waals surface area contributed by atoms with E-state index in [4.69, 9.17) is 0 Å². The van der Waals surface area contributed by atoms with Crippen molar-refractivity contribution in [2.45, 2.75) is 44.8 Å². The number of hydrogen-bond donors (Lipinski definition) is 2. The fourth-order valence-electron chi connectivity index (χ4n) is 1.64. The highest BCUT2D eigenvalue weighted by Gasteiger charge is 2.16. The maximum absolute atomic E-state index is 12.2. The molecule has 2 rings (SSSR count). The van der Waals surface area contributed by atoms with Crippen molar-refractivity contribution >= 4 is 32.7 Å². The lowest BCUT2D eigenvalue weighted by atomic mass is 10.4. The van der Waals surface area contributed by atoms with Gasteiger partial charge in [0, 0.05) is 40.5 Å². The van der Waals surface area contributed by atoms with Crippen molar-refractivity contribution in [1.29, 1.82) is 0 Å². The Kier molecular flexibility index (Phi) is 5.50. The Labute approximate surface area is 133 Å². The Morgan fingerprint density at radius 2 is 2.05 bits per heavy atom. The molecule has 0 aromatic carbocycles. The molecule has 0 aliphatic rings. The minimum atomic E-state index is -3.46. The molecule has 0 amide bonds. The number of nitrogens with one attached hydrogen (secondary N) is 2. The Hall–Kier alpha value is -0.800. The molecule has 0 saturated carbocycles. The molecular formula is C13H19N3O2S3. The summed E-state index contributed by atoms with van der Waals surface area (Å²) in [5, 5.41) is 5.89. The Bertz CT molecular complexity index is 689. The molecule has 0 atom stereocenters. The lowest BCUT2D eigenvalue weighted by molar-refractivity contribution is 0.581. The maximum atomic E-state index is 12.2. The lowest BCUT2D eigenvalue weighted by Gasteiger charge is -2.05. The number of thiophene rings is 1. The molecule has 2 N–H and O–H groups in total. The number of nitrogens with zero attached hydrogens (tertiary/aromatic N) is 1. The molecule has 2 aromatic heterocycles. The van der Waals surface area contributed by atoms with Gasteiger partial charge in [-0.05, 0) is 13.0 Å². The molecule has 0 radical (unpaired) electrons. The van der Waals surface area contributed by atoms with E-state index in [-0.39, 0.29) is 6.54 Å². The molecule has 0 fully saturated rings. The molecule has 2 aromatic rings. The van der Waals surface area contributed by atoms with Crippen molar-refractivity contribution < 1.29 is 8.42 Å². The van der Waals surface area contributed by atoms with Gasteiger partial charge < -0.3 is 5.32 Å². The first-order valence-electron chi connectivity index (χ1n) is 6.58. The van der Waals surface area contributed by atoms with Crippen LogP contribution >= 0.6 is 22.7 Å². The summed E-state index contributed by atoms with van der Waals surface area (Å²) in [6.07, 6.45) is 1.70. The molecule has 116 valence electrons. The monoisotopic (exact) mass is 345 g/mol. The minimum absolute atomic E-state index is 0.281. The van der Waals surface area contributed by atoms with E-state index in [1.54, 1.807) is 17.6 Å². The molecule has 8 heteroatoms. The predicted molar refractivity (Wildman–Crippen MR) is 87.2 cm³/mol. The number of aromatic nitrogens is 1. The van der Waals surface area contributed by atoms with Crippen molar-refractivity contribution in [2.75, 3.05) is 0 Å². The first-order chi connectivity index (χ1) is 9.87. The van der Waals surface area contributed by atoms with Crippen LogP contribution in [-0.4, -0.2) is 19.4 Å². The molecule has 0 unspecified atom stereocenters. The number of thiazole rings is 1. The summed E-state index contributed by atoms with van der Waals surface area (Å²) in [4.78, 5) is 6.36. The summed E-state index contributed by atoms with van der Waals surface area (Å²) in [5.74, 6) is 0. The van der Waals surface area contributed by atoms with Gasteiger partial charge >= 0.3 is 0 Å². The molecule has 5 nitrogen and oxygen atoms in total. The van der Waals surface area contributed by atoms with Crippen molar-refractivity contribution in [3.8, 4) is 0 Å². The van der Waals surface area contributed by atoms with Crippen molar-refractivity contribution in [3.05, 3.63) is 32.4 Å². The quantitative estimate of drug-likeness (QED) is 0.809. The lowest BCUT2D eigenvalue weighted by Crippen LogP contribution is -2.22. The number of sulfonamides is 1. The van der Waals surface area contributed by atoms with Gasteiger partial charge in [-0.2, -0.15) is 0 Å². The van der Waals surface area contributed by atoms with Gasteiger partial charge in [0.25, 0.3) is 0 Å². The second-order valence-electron chi connectivity index (χ2n) is 4.95. The van der Waals surface area contributed by atoms with Crippen LogP contribution in [0.2, 0.25) is 0 Å². The zero-order chi connectivity index (χ0) is 15.5. The largest absolute Gasteiger partial charge is 0.310 e. The number of aryl methyl sites for hydroxylation is 1. The van der Waals surface area contributed by atoms with Gasteiger partial charge in [-0.25, -0.2) is 18.1 Å². The topological polar surface area (TPSA) is 71.1 Å². The van der Waals surface area contributed by atoms with Crippen LogP contribution in [-0.2, 0) is 23.1 Å². The fraction of sp³-hybridized carbons (Fsp3) is 0.462. The molecular weight excluding hydrogens is 326 g/mol. The second kappa shape index (κ2) is 6.97. The summed E-state index contributed by atoms with van der Waals surface area (Å²) in [6, 6.07) is 2.10. The third-order valence-electron chi connectivity index (χ3n) is 2.73. The van der Waals surface area contributed by atoms with Crippen LogP contribution in [0.4, 0.5) is 0 Å². The number of rotatable bonds is 7. The molecule has 21 heavy (non-hydrogen) atoms. The van der Waals surface area contributed by atoms with Crippen LogP contribution in [0.3, 0.4) is 0 Å². The van der Waals surface area contributed by atoms with E-state index in [1.807, 2.05) is 6.92 Å². The van der Waals surface area contributed by atoms with Gasteiger partial charge in [0.15, 0.2) is 0 Å². The summed E-state index contributed by atoms with van der Waals surface area (Å²) in [5.41, 5.74) is 0. The molecule has 0 saturated heterocycles. The SMILES string of the molecule is Cc1ncc(CNS(=O)(=O)c2csc(CNC(C)C)c2)s1. The first kappa shape index (κ1) is 16.6. The van der Waals surface area contributed by atoms with Gasteiger partial charge in [0.05, 0.1) is 9.90 Å². The van der Waals surface area contributed by atoms with Crippen LogP contribution in [0.1, 0.15) is 28.6 Å². The molecule has 0 spiro atoms.